The van der Waals surface area contributed by atoms with E-state index < -0.39 is 15.9 Å². The summed E-state index contributed by atoms with van der Waals surface area (Å²) in [6.45, 7) is 0.281. The SMILES string of the molecule is O=C(CSc1nnc([C@@H]2COc3ccccc3O2)n1-c1ccccc1)N[C@@H]1CCS(=O)(=O)C1. The summed E-state index contributed by atoms with van der Waals surface area (Å²) in [5, 5.41) is 12.0. The number of fused-ring (bicyclic) bond motifs is 1. The van der Waals surface area contributed by atoms with Crippen LogP contribution in [0.1, 0.15) is 18.3 Å². The van der Waals surface area contributed by atoms with E-state index in [1.165, 1.54) is 11.8 Å². The predicted molar refractivity (Wildman–Crippen MR) is 123 cm³/mol. The highest BCUT2D eigenvalue weighted by molar-refractivity contribution is 7.99. The molecule has 2 aliphatic rings. The number of para-hydroxylation sites is 3. The molecule has 2 aromatic carbocycles. The molecule has 3 aromatic rings. The van der Waals surface area contributed by atoms with Gasteiger partial charge in [0.1, 0.15) is 6.61 Å². The lowest BCUT2D eigenvalue weighted by Crippen LogP contribution is -2.36. The quantitative estimate of drug-likeness (QED) is 0.528. The second-order valence-corrected chi connectivity index (χ2v) is 11.0. The van der Waals surface area contributed by atoms with Crippen LogP contribution in [-0.2, 0) is 14.6 Å². The van der Waals surface area contributed by atoms with Gasteiger partial charge in [0, 0.05) is 11.7 Å². The first-order valence-electron chi connectivity index (χ1n) is 10.5. The molecule has 1 amide bonds. The Morgan fingerprint density at radius 3 is 2.61 bits per heavy atom. The Labute approximate surface area is 195 Å². The van der Waals surface area contributed by atoms with E-state index in [1.54, 1.807) is 0 Å². The molecule has 11 heteroatoms. The highest BCUT2D eigenvalue weighted by Gasteiger charge is 2.31. The van der Waals surface area contributed by atoms with Gasteiger partial charge in [-0.05, 0) is 30.7 Å². The first-order chi connectivity index (χ1) is 16.0. The Morgan fingerprint density at radius 2 is 1.85 bits per heavy atom. The van der Waals surface area contributed by atoms with E-state index in [2.05, 4.69) is 15.5 Å². The lowest BCUT2D eigenvalue weighted by atomic mass is 10.2. The van der Waals surface area contributed by atoms with Gasteiger partial charge < -0.3 is 14.8 Å². The molecule has 33 heavy (non-hydrogen) atoms. The summed E-state index contributed by atoms with van der Waals surface area (Å²) in [5.41, 5.74) is 0.838. The Morgan fingerprint density at radius 1 is 1.09 bits per heavy atom. The van der Waals surface area contributed by atoms with Gasteiger partial charge >= 0.3 is 0 Å². The molecule has 0 spiro atoms. The van der Waals surface area contributed by atoms with Crippen molar-refractivity contribution < 1.29 is 22.7 Å². The van der Waals surface area contributed by atoms with Gasteiger partial charge in [-0.25, -0.2) is 8.42 Å². The molecule has 0 unspecified atom stereocenters. The minimum Gasteiger partial charge on any atom is -0.485 e. The molecule has 2 aliphatic heterocycles. The van der Waals surface area contributed by atoms with Gasteiger partial charge in [0.05, 0.1) is 17.3 Å². The normalized spacial score (nSPS) is 21.0. The number of hydrogen-bond acceptors (Lipinski definition) is 8. The van der Waals surface area contributed by atoms with Gasteiger partial charge in [-0.15, -0.1) is 10.2 Å². The monoisotopic (exact) mass is 486 g/mol. The second kappa shape index (κ2) is 9.06. The fraction of sp³-hybridized carbons (Fsp3) is 0.318. The number of thioether (sulfide) groups is 1. The van der Waals surface area contributed by atoms with Crippen LogP contribution in [0.25, 0.3) is 5.69 Å². The fourth-order valence-corrected chi connectivity index (χ4v) is 6.30. The molecule has 0 bridgehead atoms. The van der Waals surface area contributed by atoms with Crippen LogP contribution in [-0.4, -0.2) is 59.0 Å². The summed E-state index contributed by atoms with van der Waals surface area (Å²) in [6.07, 6.45) is -0.0247. The van der Waals surface area contributed by atoms with Crippen LogP contribution >= 0.6 is 11.8 Å². The molecule has 2 atom stereocenters. The van der Waals surface area contributed by atoms with Crippen LogP contribution in [0.3, 0.4) is 0 Å². The third kappa shape index (κ3) is 4.83. The predicted octanol–water partition coefficient (Wildman–Crippen LogP) is 2.18. The number of carbonyl (C=O) groups excluding carboxylic acids is 1. The summed E-state index contributed by atoms with van der Waals surface area (Å²) >= 11 is 1.24. The molecule has 1 aromatic heterocycles. The summed E-state index contributed by atoms with van der Waals surface area (Å²) in [7, 11) is -3.06. The van der Waals surface area contributed by atoms with Gasteiger partial charge in [-0.1, -0.05) is 42.1 Å². The molecule has 3 heterocycles. The van der Waals surface area contributed by atoms with E-state index in [4.69, 9.17) is 9.47 Å². The van der Waals surface area contributed by atoms with Gasteiger partial charge in [0.15, 0.2) is 38.4 Å². The largest absolute Gasteiger partial charge is 0.485 e. The average molecular weight is 487 g/mol. The summed E-state index contributed by atoms with van der Waals surface area (Å²) in [5.74, 6) is 1.85. The molecule has 0 radical (unpaired) electrons. The van der Waals surface area contributed by atoms with Crippen LogP contribution in [0.2, 0.25) is 0 Å². The number of hydrogen-bond donors (Lipinski definition) is 1. The Hall–Kier alpha value is -3.05. The number of nitrogens with zero attached hydrogens (tertiary/aromatic N) is 3. The van der Waals surface area contributed by atoms with Gasteiger partial charge in [-0.3, -0.25) is 9.36 Å². The van der Waals surface area contributed by atoms with Crippen molar-refractivity contribution in [1.82, 2.24) is 20.1 Å². The highest BCUT2D eigenvalue weighted by Crippen LogP contribution is 2.36. The maximum absolute atomic E-state index is 12.4. The highest BCUT2D eigenvalue weighted by atomic mass is 32.2. The molecular formula is C22H22N4O5S2. The molecule has 9 nitrogen and oxygen atoms in total. The summed E-state index contributed by atoms with van der Waals surface area (Å²) in [4.78, 5) is 12.4. The van der Waals surface area contributed by atoms with Crippen molar-refractivity contribution in [3.63, 3.8) is 0 Å². The van der Waals surface area contributed by atoms with Crippen LogP contribution < -0.4 is 14.8 Å². The number of ether oxygens (including phenoxy) is 2. The smallest absolute Gasteiger partial charge is 0.230 e. The second-order valence-electron chi connectivity index (χ2n) is 7.83. The van der Waals surface area contributed by atoms with Crippen molar-refractivity contribution in [2.75, 3.05) is 23.9 Å². The van der Waals surface area contributed by atoms with Crippen molar-refractivity contribution in [1.29, 1.82) is 0 Å². The van der Waals surface area contributed by atoms with Crippen LogP contribution in [0, 0.1) is 0 Å². The van der Waals surface area contributed by atoms with E-state index in [0.29, 0.717) is 28.9 Å². The third-order valence-electron chi connectivity index (χ3n) is 5.40. The topological polar surface area (TPSA) is 112 Å². The van der Waals surface area contributed by atoms with Gasteiger partial charge in [0.2, 0.25) is 5.91 Å². The Kier molecular flexibility index (Phi) is 5.98. The number of sulfone groups is 1. The van der Waals surface area contributed by atoms with Crippen molar-refractivity contribution >= 4 is 27.5 Å². The minimum atomic E-state index is -3.06. The van der Waals surface area contributed by atoms with Gasteiger partial charge in [0.25, 0.3) is 0 Å². The van der Waals surface area contributed by atoms with Crippen LogP contribution in [0.15, 0.2) is 59.8 Å². The first kappa shape index (κ1) is 21.8. The van der Waals surface area contributed by atoms with Crippen LogP contribution in [0.5, 0.6) is 11.5 Å². The average Bonchev–Trinajstić information content (AvgIpc) is 3.40. The lowest BCUT2D eigenvalue weighted by molar-refractivity contribution is -0.119. The molecule has 1 fully saturated rings. The molecule has 0 saturated carbocycles. The van der Waals surface area contributed by atoms with E-state index in [-0.39, 0.29) is 35.8 Å². The number of benzene rings is 2. The number of carbonyl (C=O) groups is 1. The van der Waals surface area contributed by atoms with E-state index in [1.807, 2.05) is 59.2 Å². The van der Waals surface area contributed by atoms with Crippen LogP contribution in [0.4, 0.5) is 0 Å². The summed E-state index contributed by atoms with van der Waals surface area (Å²) in [6, 6.07) is 16.7. The Bertz CT molecular complexity index is 1260. The fourth-order valence-electron chi connectivity index (χ4n) is 3.86. The Balaban J connectivity index is 1.35. The third-order valence-corrected chi connectivity index (χ3v) is 8.10. The number of rotatable bonds is 6. The number of aromatic nitrogens is 3. The standard InChI is InChI=1S/C22H22N4O5S2/c27-20(23-15-10-11-33(28,29)14-15)13-32-22-25-24-21(26(22)16-6-2-1-3-7-16)19-12-30-17-8-4-5-9-18(17)31-19/h1-9,15,19H,10-14H2,(H,23,27)/t15-,19+/m1/s1. The zero-order chi connectivity index (χ0) is 22.8. The molecule has 1 N–H and O–H groups in total. The zero-order valence-corrected chi connectivity index (χ0v) is 19.2. The number of nitrogens with one attached hydrogen (secondary N) is 1. The van der Waals surface area contributed by atoms with Gasteiger partial charge in [-0.2, -0.15) is 0 Å². The van der Waals surface area contributed by atoms with E-state index in [9.17, 15) is 13.2 Å². The van der Waals surface area contributed by atoms with E-state index >= 15 is 0 Å². The number of amides is 1. The summed E-state index contributed by atoms with van der Waals surface area (Å²) < 4.78 is 37.1. The maximum Gasteiger partial charge on any atom is 0.230 e. The zero-order valence-electron chi connectivity index (χ0n) is 17.6. The van der Waals surface area contributed by atoms with Crippen molar-refractivity contribution in [2.45, 2.75) is 23.7 Å². The van der Waals surface area contributed by atoms with Crippen molar-refractivity contribution in [3.8, 4) is 17.2 Å². The molecule has 5 rings (SSSR count). The molecule has 172 valence electrons. The lowest BCUT2D eigenvalue weighted by Gasteiger charge is -2.26. The minimum absolute atomic E-state index is 0.00571. The van der Waals surface area contributed by atoms with E-state index in [0.717, 1.165) is 5.69 Å². The first-order valence-corrected chi connectivity index (χ1v) is 13.3. The maximum atomic E-state index is 12.4. The molecule has 0 aliphatic carbocycles. The van der Waals surface area contributed by atoms with Crippen molar-refractivity contribution in [2.24, 2.45) is 0 Å². The molecule has 1 saturated heterocycles. The molecular weight excluding hydrogens is 464 g/mol. The van der Waals surface area contributed by atoms with Crippen molar-refractivity contribution in [3.05, 3.63) is 60.4 Å².